The van der Waals surface area contributed by atoms with Crippen molar-refractivity contribution in [3.8, 4) is 12.3 Å². The summed E-state index contributed by atoms with van der Waals surface area (Å²) in [7, 11) is 0. The first-order valence-corrected chi connectivity index (χ1v) is 9.22. The van der Waals surface area contributed by atoms with Crippen molar-refractivity contribution >= 4 is 17.7 Å². The van der Waals surface area contributed by atoms with E-state index in [1.165, 1.54) is 16.0 Å². The Hall–Kier alpha value is -1.44. The van der Waals surface area contributed by atoms with Crippen LogP contribution in [0, 0.1) is 32.1 Å². The maximum Gasteiger partial charge on any atom is 0.223 e. The third kappa shape index (κ3) is 5.60. The van der Waals surface area contributed by atoms with Gasteiger partial charge < -0.3 is 5.32 Å². The number of benzene rings is 1. The molecule has 0 aliphatic carbocycles. The Bertz CT molecular complexity index is 571. The molecule has 1 fully saturated rings. The number of piperidine rings is 1. The van der Waals surface area contributed by atoms with Gasteiger partial charge in [0, 0.05) is 23.1 Å². The molecule has 3 nitrogen and oxygen atoms in total. The highest BCUT2D eigenvalue weighted by Crippen LogP contribution is 2.21. The van der Waals surface area contributed by atoms with E-state index in [4.69, 9.17) is 6.42 Å². The Balaban J connectivity index is 1.65. The fourth-order valence-corrected chi connectivity index (χ4v) is 3.64. The molecule has 0 aromatic heterocycles. The van der Waals surface area contributed by atoms with Crippen LogP contribution in [-0.2, 0) is 4.79 Å². The standard InChI is InChI=1S/C19H26N2OS/c1-4-10-21-11-7-17(8-12-21)19(22)20-9-13-23-18-6-5-15(2)16(3)14-18/h1,5-6,14,17H,7-13H2,2-3H3,(H,20,22). The maximum atomic E-state index is 12.2. The lowest BCUT2D eigenvalue weighted by Crippen LogP contribution is -2.41. The fraction of sp³-hybridized carbons (Fsp3) is 0.526. The van der Waals surface area contributed by atoms with Crippen molar-refractivity contribution < 1.29 is 4.79 Å². The zero-order valence-corrected chi connectivity index (χ0v) is 14.9. The molecule has 1 saturated heterocycles. The van der Waals surface area contributed by atoms with Crippen LogP contribution in [0.4, 0.5) is 0 Å². The number of nitrogens with one attached hydrogen (secondary N) is 1. The minimum atomic E-state index is 0.149. The molecule has 1 amide bonds. The van der Waals surface area contributed by atoms with Crippen LogP contribution in [0.5, 0.6) is 0 Å². The molecular formula is C19H26N2OS. The number of terminal acetylenes is 1. The Kier molecular flexibility index (Phi) is 7.01. The number of thioether (sulfide) groups is 1. The van der Waals surface area contributed by atoms with Gasteiger partial charge >= 0.3 is 0 Å². The van der Waals surface area contributed by atoms with E-state index in [2.05, 4.69) is 48.2 Å². The number of carbonyl (C=O) groups excluding carboxylic acids is 1. The molecular weight excluding hydrogens is 304 g/mol. The summed E-state index contributed by atoms with van der Waals surface area (Å²) in [6.07, 6.45) is 7.16. The summed E-state index contributed by atoms with van der Waals surface area (Å²) >= 11 is 1.79. The third-order valence-electron chi connectivity index (χ3n) is 4.42. The molecule has 124 valence electrons. The van der Waals surface area contributed by atoms with E-state index in [0.29, 0.717) is 6.54 Å². The predicted molar refractivity (Wildman–Crippen MR) is 97.6 cm³/mol. The van der Waals surface area contributed by atoms with Crippen LogP contribution in [0.2, 0.25) is 0 Å². The van der Waals surface area contributed by atoms with Crippen LogP contribution in [0.15, 0.2) is 23.1 Å². The summed E-state index contributed by atoms with van der Waals surface area (Å²) < 4.78 is 0. The summed E-state index contributed by atoms with van der Waals surface area (Å²) in [6, 6.07) is 6.51. The minimum Gasteiger partial charge on any atom is -0.355 e. The van der Waals surface area contributed by atoms with Gasteiger partial charge in [0.1, 0.15) is 0 Å². The lowest BCUT2D eigenvalue weighted by molar-refractivity contribution is -0.126. The average molecular weight is 330 g/mol. The van der Waals surface area contributed by atoms with E-state index >= 15 is 0 Å². The minimum absolute atomic E-state index is 0.149. The van der Waals surface area contributed by atoms with Crippen molar-refractivity contribution in [2.75, 3.05) is 31.9 Å². The number of hydrogen-bond acceptors (Lipinski definition) is 3. The van der Waals surface area contributed by atoms with Gasteiger partial charge in [-0.3, -0.25) is 9.69 Å². The molecule has 0 unspecified atom stereocenters. The highest BCUT2D eigenvalue weighted by atomic mass is 32.2. The molecule has 4 heteroatoms. The molecule has 1 aromatic rings. The van der Waals surface area contributed by atoms with Gasteiger partial charge in [-0.05, 0) is 63.0 Å². The molecule has 1 heterocycles. The summed E-state index contributed by atoms with van der Waals surface area (Å²) in [5.41, 5.74) is 2.64. The molecule has 0 bridgehead atoms. The maximum absolute atomic E-state index is 12.2. The van der Waals surface area contributed by atoms with Crippen molar-refractivity contribution in [1.29, 1.82) is 0 Å². The lowest BCUT2D eigenvalue weighted by Gasteiger charge is -2.29. The molecule has 1 aliphatic rings. The van der Waals surface area contributed by atoms with Crippen molar-refractivity contribution in [3.63, 3.8) is 0 Å². The van der Waals surface area contributed by atoms with Crippen LogP contribution >= 0.6 is 11.8 Å². The Labute approximate surface area is 144 Å². The monoisotopic (exact) mass is 330 g/mol. The first kappa shape index (κ1) is 17.9. The summed E-state index contributed by atoms with van der Waals surface area (Å²) in [5, 5.41) is 3.08. The number of amides is 1. The van der Waals surface area contributed by atoms with Gasteiger partial charge in [-0.2, -0.15) is 0 Å². The Morgan fingerprint density at radius 2 is 2.09 bits per heavy atom. The first-order valence-electron chi connectivity index (χ1n) is 8.23. The molecule has 0 saturated carbocycles. The van der Waals surface area contributed by atoms with E-state index in [0.717, 1.165) is 38.2 Å². The lowest BCUT2D eigenvalue weighted by atomic mass is 9.96. The molecule has 0 spiro atoms. The third-order valence-corrected chi connectivity index (χ3v) is 5.42. The first-order chi connectivity index (χ1) is 11.1. The predicted octanol–water partition coefficient (Wildman–Crippen LogP) is 2.86. The Morgan fingerprint density at radius 1 is 1.35 bits per heavy atom. The normalized spacial score (nSPS) is 16.0. The summed E-state index contributed by atoms with van der Waals surface area (Å²) in [5.74, 6) is 3.92. The zero-order chi connectivity index (χ0) is 16.7. The highest BCUT2D eigenvalue weighted by Gasteiger charge is 2.24. The van der Waals surface area contributed by atoms with Crippen LogP contribution in [0.1, 0.15) is 24.0 Å². The van der Waals surface area contributed by atoms with Gasteiger partial charge in [-0.25, -0.2) is 0 Å². The van der Waals surface area contributed by atoms with Gasteiger partial charge in [-0.15, -0.1) is 18.2 Å². The quantitative estimate of drug-likeness (QED) is 0.494. The van der Waals surface area contributed by atoms with E-state index < -0.39 is 0 Å². The number of likely N-dealkylation sites (tertiary alicyclic amines) is 1. The molecule has 1 aromatic carbocycles. The number of rotatable bonds is 6. The van der Waals surface area contributed by atoms with Crippen LogP contribution in [0.3, 0.4) is 0 Å². The highest BCUT2D eigenvalue weighted by molar-refractivity contribution is 7.99. The Morgan fingerprint density at radius 3 is 2.74 bits per heavy atom. The fourth-order valence-electron chi connectivity index (χ4n) is 2.77. The van der Waals surface area contributed by atoms with Gasteiger partial charge in [0.2, 0.25) is 5.91 Å². The number of carbonyl (C=O) groups is 1. The topological polar surface area (TPSA) is 32.3 Å². The van der Waals surface area contributed by atoms with Crippen molar-refractivity contribution in [3.05, 3.63) is 29.3 Å². The second-order valence-electron chi connectivity index (χ2n) is 6.14. The van der Waals surface area contributed by atoms with E-state index in [1.807, 2.05) is 0 Å². The van der Waals surface area contributed by atoms with Gasteiger partial charge in [0.25, 0.3) is 0 Å². The van der Waals surface area contributed by atoms with Gasteiger partial charge in [0.05, 0.1) is 6.54 Å². The van der Waals surface area contributed by atoms with Crippen LogP contribution < -0.4 is 5.32 Å². The van der Waals surface area contributed by atoms with E-state index in [9.17, 15) is 4.79 Å². The van der Waals surface area contributed by atoms with Crippen LogP contribution in [0.25, 0.3) is 0 Å². The molecule has 2 rings (SSSR count). The molecule has 0 radical (unpaired) electrons. The number of aryl methyl sites for hydroxylation is 2. The van der Waals surface area contributed by atoms with E-state index in [-0.39, 0.29) is 11.8 Å². The zero-order valence-electron chi connectivity index (χ0n) is 14.1. The van der Waals surface area contributed by atoms with Crippen LogP contribution in [-0.4, -0.2) is 42.7 Å². The summed E-state index contributed by atoms with van der Waals surface area (Å²) in [6.45, 7) is 7.54. The largest absolute Gasteiger partial charge is 0.355 e. The summed E-state index contributed by atoms with van der Waals surface area (Å²) in [4.78, 5) is 15.7. The number of hydrogen-bond donors (Lipinski definition) is 1. The van der Waals surface area contributed by atoms with Gasteiger partial charge in [0.15, 0.2) is 0 Å². The second kappa shape index (κ2) is 9.00. The molecule has 23 heavy (non-hydrogen) atoms. The average Bonchev–Trinajstić information content (AvgIpc) is 2.55. The van der Waals surface area contributed by atoms with Crippen molar-refractivity contribution in [2.24, 2.45) is 5.92 Å². The SMILES string of the molecule is C#CCN1CCC(C(=O)NCCSc2ccc(C)c(C)c2)CC1. The van der Waals surface area contributed by atoms with Crippen molar-refractivity contribution in [1.82, 2.24) is 10.2 Å². The smallest absolute Gasteiger partial charge is 0.223 e. The van der Waals surface area contributed by atoms with Crippen molar-refractivity contribution in [2.45, 2.75) is 31.6 Å². The molecule has 1 N–H and O–H groups in total. The van der Waals surface area contributed by atoms with Gasteiger partial charge in [-0.1, -0.05) is 12.0 Å². The second-order valence-corrected chi connectivity index (χ2v) is 7.31. The molecule has 0 atom stereocenters. The van der Waals surface area contributed by atoms with E-state index in [1.54, 1.807) is 11.8 Å². The molecule has 1 aliphatic heterocycles. The number of nitrogens with zero attached hydrogens (tertiary/aromatic N) is 1.